The summed E-state index contributed by atoms with van der Waals surface area (Å²) in [5, 5.41) is 9.92. The summed E-state index contributed by atoms with van der Waals surface area (Å²) >= 11 is 1.18. The van der Waals surface area contributed by atoms with Crippen LogP contribution in [0.25, 0.3) is 0 Å². The highest BCUT2D eigenvalue weighted by atomic mass is 32.2. The highest BCUT2D eigenvalue weighted by molar-refractivity contribution is 8.17. The van der Waals surface area contributed by atoms with Crippen LogP contribution in [0, 0.1) is 11.3 Å². The number of hydrogen-bond donors (Lipinski definition) is 1. The van der Waals surface area contributed by atoms with Gasteiger partial charge in [-0.1, -0.05) is 6.07 Å². The van der Waals surface area contributed by atoms with Crippen molar-refractivity contribution in [1.29, 1.82) is 5.26 Å². The Bertz CT molecular complexity index is 961. The zero-order valence-corrected chi connectivity index (χ0v) is 16.8. The van der Waals surface area contributed by atoms with Crippen LogP contribution in [-0.2, 0) is 9.53 Å². The molecule has 2 aliphatic rings. The predicted octanol–water partition coefficient (Wildman–Crippen LogP) is 2.65. The normalized spacial score (nSPS) is 18.5. The minimum atomic E-state index is -0.607. The lowest BCUT2D eigenvalue weighted by atomic mass is 9.94. The number of nitriles is 1. The summed E-state index contributed by atoms with van der Waals surface area (Å²) in [6, 6.07) is 6.83. The maximum absolute atomic E-state index is 12.8. The molecule has 2 N–H and O–H groups in total. The molecule has 3 rings (SSSR count). The number of aliphatic imine (C=N–C) groups is 1. The fraction of sp³-hybridized carbons (Fsp3) is 0.316. The van der Waals surface area contributed by atoms with Gasteiger partial charge in [0.15, 0.2) is 16.7 Å². The van der Waals surface area contributed by atoms with Gasteiger partial charge in [-0.3, -0.25) is 4.90 Å². The van der Waals surface area contributed by atoms with E-state index in [2.05, 4.69) is 11.1 Å². The second-order valence-corrected chi connectivity index (χ2v) is 6.91. The first-order valence-corrected chi connectivity index (χ1v) is 9.33. The van der Waals surface area contributed by atoms with E-state index in [0.717, 1.165) is 5.56 Å². The van der Waals surface area contributed by atoms with Crippen molar-refractivity contribution < 1.29 is 19.0 Å². The molecule has 28 heavy (non-hydrogen) atoms. The molecule has 2 heterocycles. The Kier molecular flexibility index (Phi) is 5.51. The number of carbonyl (C=O) groups excluding carboxylic acids is 1. The fourth-order valence-corrected chi connectivity index (χ4v) is 4.06. The number of esters is 1. The lowest BCUT2D eigenvalue weighted by Crippen LogP contribution is -2.38. The number of rotatable bonds is 5. The minimum Gasteiger partial charge on any atom is -0.493 e. The molecule has 9 heteroatoms. The summed E-state index contributed by atoms with van der Waals surface area (Å²) < 4.78 is 16.0. The zero-order chi connectivity index (χ0) is 20.4. The van der Waals surface area contributed by atoms with E-state index in [1.807, 2.05) is 6.07 Å². The summed E-state index contributed by atoms with van der Waals surface area (Å²) in [6.07, 6.45) is 0. The standard InChI is InChI=1S/C19H20N4O4S/c1-5-27-18(24)15-10(2)22-19-23(17(21)14(9-20)28-19)16(15)11-6-7-12(25-3)13(8-11)26-4/h6-8,16H,5,21H2,1-4H3/t16-/m0/s1. The molecule has 0 radical (unpaired) electrons. The Morgan fingerprint density at radius 3 is 2.68 bits per heavy atom. The van der Waals surface area contributed by atoms with E-state index in [1.165, 1.54) is 18.9 Å². The smallest absolute Gasteiger partial charge is 0.338 e. The van der Waals surface area contributed by atoms with Crippen molar-refractivity contribution in [3.8, 4) is 17.6 Å². The van der Waals surface area contributed by atoms with E-state index in [0.29, 0.717) is 32.8 Å². The van der Waals surface area contributed by atoms with E-state index < -0.39 is 12.0 Å². The number of nitrogens with two attached hydrogens (primary N) is 1. The van der Waals surface area contributed by atoms with Gasteiger partial charge in [0.1, 0.15) is 16.8 Å². The van der Waals surface area contributed by atoms with E-state index in [9.17, 15) is 10.1 Å². The molecule has 1 aromatic rings. The first kappa shape index (κ1) is 19.6. The van der Waals surface area contributed by atoms with Crippen LogP contribution >= 0.6 is 11.8 Å². The van der Waals surface area contributed by atoms with Gasteiger partial charge in [0.05, 0.1) is 38.1 Å². The molecule has 0 saturated carbocycles. The van der Waals surface area contributed by atoms with Crippen LogP contribution in [0.2, 0.25) is 0 Å². The van der Waals surface area contributed by atoms with Gasteiger partial charge in [-0.25, -0.2) is 9.79 Å². The predicted molar refractivity (Wildman–Crippen MR) is 105 cm³/mol. The molecule has 0 amide bonds. The Morgan fingerprint density at radius 2 is 2.07 bits per heavy atom. The van der Waals surface area contributed by atoms with Gasteiger partial charge in [-0.05, 0) is 43.3 Å². The van der Waals surface area contributed by atoms with Gasteiger partial charge < -0.3 is 19.9 Å². The number of fused-ring (bicyclic) bond motifs is 1. The van der Waals surface area contributed by atoms with Crippen LogP contribution in [-0.4, -0.2) is 36.9 Å². The summed E-state index contributed by atoms with van der Waals surface area (Å²) in [7, 11) is 3.09. The first-order valence-electron chi connectivity index (χ1n) is 8.52. The number of methoxy groups -OCH3 is 2. The van der Waals surface area contributed by atoms with E-state index in [1.54, 1.807) is 38.0 Å². The maximum Gasteiger partial charge on any atom is 0.338 e. The number of hydrogen-bond acceptors (Lipinski definition) is 9. The summed E-state index contributed by atoms with van der Waals surface area (Å²) in [5.41, 5.74) is 7.84. The molecule has 0 saturated heterocycles. The number of nitrogens with zero attached hydrogens (tertiary/aromatic N) is 3. The maximum atomic E-state index is 12.8. The second kappa shape index (κ2) is 7.86. The average Bonchev–Trinajstić information content (AvgIpc) is 3.01. The lowest BCUT2D eigenvalue weighted by molar-refractivity contribution is -0.139. The van der Waals surface area contributed by atoms with E-state index in [-0.39, 0.29) is 12.4 Å². The number of thioether (sulfide) groups is 1. The molecule has 0 bridgehead atoms. The number of allylic oxidation sites excluding steroid dienone is 2. The van der Waals surface area contributed by atoms with Crippen LogP contribution < -0.4 is 15.2 Å². The number of carbonyl (C=O) groups is 1. The van der Waals surface area contributed by atoms with Crippen molar-refractivity contribution in [1.82, 2.24) is 4.90 Å². The second-order valence-electron chi connectivity index (χ2n) is 5.93. The van der Waals surface area contributed by atoms with Crippen molar-refractivity contribution in [3.05, 3.63) is 45.8 Å². The summed E-state index contributed by atoms with van der Waals surface area (Å²) in [5.74, 6) is 0.845. The van der Waals surface area contributed by atoms with Crippen LogP contribution in [0.1, 0.15) is 25.5 Å². The molecular weight excluding hydrogens is 380 g/mol. The topological polar surface area (TPSA) is 110 Å². The molecule has 0 spiro atoms. The van der Waals surface area contributed by atoms with Crippen LogP contribution in [0.15, 0.2) is 45.2 Å². The molecule has 0 aliphatic carbocycles. The molecule has 1 atom stereocenters. The van der Waals surface area contributed by atoms with Crippen molar-refractivity contribution >= 4 is 22.9 Å². The van der Waals surface area contributed by atoms with Crippen molar-refractivity contribution in [2.75, 3.05) is 20.8 Å². The fourth-order valence-electron chi connectivity index (χ4n) is 3.15. The highest BCUT2D eigenvalue weighted by Gasteiger charge is 2.42. The quantitative estimate of drug-likeness (QED) is 0.751. The highest BCUT2D eigenvalue weighted by Crippen LogP contribution is 2.46. The van der Waals surface area contributed by atoms with Crippen molar-refractivity contribution in [3.63, 3.8) is 0 Å². The number of amidine groups is 1. The van der Waals surface area contributed by atoms with Crippen molar-refractivity contribution in [2.45, 2.75) is 19.9 Å². The number of ether oxygens (including phenoxy) is 3. The summed E-state index contributed by atoms with van der Waals surface area (Å²) in [6.45, 7) is 3.71. The molecular formula is C19H20N4O4S. The largest absolute Gasteiger partial charge is 0.493 e. The Balaban J connectivity index is 2.20. The zero-order valence-electron chi connectivity index (χ0n) is 16.0. The third-order valence-electron chi connectivity index (χ3n) is 4.40. The SMILES string of the molecule is CCOC(=O)C1=C(C)N=C2SC(C#N)=C(N)N2[C@H]1c1ccc(OC)c(OC)c1. The van der Waals surface area contributed by atoms with Gasteiger partial charge in [0.25, 0.3) is 0 Å². The molecule has 146 valence electrons. The third kappa shape index (κ3) is 3.16. The lowest BCUT2D eigenvalue weighted by Gasteiger charge is -2.35. The first-order chi connectivity index (χ1) is 13.5. The van der Waals surface area contributed by atoms with E-state index in [4.69, 9.17) is 19.9 Å². The Morgan fingerprint density at radius 1 is 1.36 bits per heavy atom. The molecule has 8 nitrogen and oxygen atoms in total. The monoisotopic (exact) mass is 400 g/mol. The molecule has 1 aromatic carbocycles. The van der Waals surface area contributed by atoms with E-state index >= 15 is 0 Å². The third-order valence-corrected chi connectivity index (χ3v) is 5.37. The Labute approximate surface area is 167 Å². The molecule has 0 unspecified atom stereocenters. The van der Waals surface area contributed by atoms with Crippen LogP contribution in [0.4, 0.5) is 0 Å². The van der Waals surface area contributed by atoms with Gasteiger partial charge >= 0.3 is 5.97 Å². The molecule has 0 fully saturated rings. The van der Waals surface area contributed by atoms with Crippen LogP contribution in [0.3, 0.4) is 0 Å². The summed E-state index contributed by atoms with van der Waals surface area (Å²) in [4.78, 5) is 19.3. The van der Waals surface area contributed by atoms with Gasteiger partial charge in [-0.15, -0.1) is 0 Å². The average molecular weight is 400 g/mol. The van der Waals surface area contributed by atoms with Gasteiger partial charge in [0, 0.05) is 0 Å². The van der Waals surface area contributed by atoms with Crippen LogP contribution in [0.5, 0.6) is 11.5 Å². The van der Waals surface area contributed by atoms with Gasteiger partial charge in [0.2, 0.25) is 0 Å². The molecule has 0 aromatic heterocycles. The number of benzene rings is 1. The molecule has 2 aliphatic heterocycles. The van der Waals surface area contributed by atoms with Gasteiger partial charge in [-0.2, -0.15) is 5.26 Å². The minimum absolute atomic E-state index is 0.231. The van der Waals surface area contributed by atoms with Crippen molar-refractivity contribution in [2.24, 2.45) is 10.7 Å². The Hall–Kier alpha value is -3.12.